The van der Waals surface area contributed by atoms with Gasteiger partial charge in [0.2, 0.25) is 5.91 Å². The molecule has 2 nitrogen and oxygen atoms in total. The van der Waals surface area contributed by atoms with Crippen LogP contribution in [0, 0.1) is 0 Å². The number of nitrogens with zero attached hydrogens (tertiary/aromatic N) is 1. The Balaban J connectivity index is 2.69. The summed E-state index contributed by atoms with van der Waals surface area (Å²) in [6.45, 7) is 7.97. The SMILES string of the molecule is C=CC=C(C=C)N1CCC1=O. The quantitative estimate of drug-likeness (QED) is 0.439. The molecule has 1 saturated heterocycles. The topological polar surface area (TPSA) is 20.3 Å². The minimum atomic E-state index is 0.165. The number of rotatable bonds is 3. The Kier molecular flexibility index (Phi) is 2.26. The molecule has 11 heavy (non-hydrogen) atoms. The lowest BCUT2D eigenvalue weighted by molar-refractivity contribution is -0.136. The van der Waals surface area contributed by atoms with Gasteiger partial charge in [-0.3, -0.25) is 4.79 Å². The number of β-lactam (4-membered cyclic amide) rings is 1. The Morgan fingerprint density at radius 3 is 2.55 bits per heavy atom. The van der Waals surface area contributed by atoms with Crippen molar-refractivity contribution >= 4 is 5.91 Å². The molecule has 58 valence electrons. The molecule has 1 fully saturated rings. The predicted molar refractivity (Wildman–Crippen MR) is 44.8 cm³/mol. The van der Waals surface area contributed by atoms with E-state index in [9.17, 15) is 4.79 Å². The van der Waals surface area contributed by atoms with Gasteiger partial charge in [0, 0.05) is 18.7 Å². The van der Waals surface area contributed by atoms with Crippen molar-refractivity contribution in [2.24, 2.45) is 0 Å². The van der Waals surface area contributed by atoms with Gasteiger partial charge in [-0.1, -0.05) is 19.2 Å². The minimum absolute atomic E-state index is 0.165. The summed E-state index contributed by atoms with van der Waals surface area (Å²) in [5, 5.41) is 0. The molecule has 1 amide bonds. The van der Waals surface area contributed by atoms with Gasteiger partial charge in [-0.2, -0.15) is 0 Å². The maximum Gasteiger partial charge on any atom is 0.228 e. The largest absolute Gasteiger partial charge is 0.312 e. The molecule has 1 heterocycles. The molecule has 2 heteroatoms. The zero-order chi connectivity index (χ0) is 8.27. The van der Waals surface area contributed by atoms with Gasteiger partial charge in [-0.15, -0.1) is 0 Å². The van der Waals surface area contributed by atoms with Gasteiger partial charge in [0.05, 0.1) is 0 Å². The number of hydrogen-bond donors (Lipinski definition) is 0. The second-order valence-electron chi connectivity index (χ2n) is 2.33. The van der Waals surface area contributed by atoms with Crippen LogP contribution in [0.25, 0.3) is 0 Å². The molecule has 1 rings (SSSR count). The van der Waals surface area contributed by atoms with E-state index >= 15 is 0 Å². The highest BCUT2D eigenvalue weighted by Gasteiger charge is 2.24. The van der Waals surface area contributed by atoms with Crippen LogP contribution in [0.15, 0.2) is 37.1 Å². The molecule has 0 aliphatic carbocycles. The molecular formula is C9H11NO. The molecule has 1 aliphatic rings. The predicted octanol–water partition coefficient (Wildman–Crippen LogP) is 1.47. The smallest absolute Gasteiger partial charge is 0.228 e. The second-order valence-corrected chi connectivity index (χ2v) is 2.33. The van der Waals surface area contributed by atoms with Crippen LogP contribution in [0.4, 0.5) is 0 Å². The Hall–Kier alpha value is -1.31. The van der Waals surface area contributed by atoms with Crippen molar-refractivity contribution in [3.05, 3.63) is 37.1 Å². The maximum atomic E-state index is 10.9. The summed E-state index contributed by atoms with van der Waals surface area (Å²) in [7, 11) is 0. The van der Waals surface area contributed by atoms with Crippen molar-refractivity contribution in [2.45, 2.75) is 6.42 Å². The first-order valence-corrected chi connectivity index (χ1v) is 3.55. The van der Waals surface area contributed by atoms with Gasteiger partial charge in [0.25, 0.3) is 0 Å². The molecule has 0 unspecified atom stereocenters. The molecule has 0 saturated carbocycles. The average Bonchev–Trinajstić information content (AvgIpc) is 2.01. The fourth-order valence-electron chi connectivity index (χ4n) is 0.977. The number of likely N-dealkylation sites (tertiary alicyclic amines) is 1. The van der Waals surface area contributed by atoms with Crippen LogP contribution in [-0.2, 0) is 4.79 Å². The zero-order valence-corrected chi connectivity index (χ0v) is 6.42. The number of hydrogen-bond acceptors (Lipinski definition) is 1. The lowest BCUT2D eigenvalue weighted by Crippen LogP contribution is -2.41. The Morgan fingerprint density at radius 1 is 1.55 bits per heavy atom. The van der Waals surface area contributed by atoms with Gasteiger partial charge in [0.15, 0.2) is 0 Å². The van der Waals surface area contributed by atoms with E-state index in [2.05, 4.69) is 13.2 Å². The van der Waals surface area contributed by atoms with E-state index in [-0.39, 0.29) is 5.91 Å². The fourth-order valence-corrected chi connectivity index (χ4v) is 0.977. The van der Waals surface area contributed by atoms with E-state index in [4.69, 9.17) is 0 Å². The molecule has 0 atom stereocenters. The summed E-state index contributed by atoms with van der Waals surface area (Å²) >= 11 is 0. The van der Waals surface area contributed by atoms with Crippen molar-refractivity contribution < 1.29 is 4.79 Å². The molecule has 1 aliphatic heterocycles. The normalized spacial score (nSPS) is 17.6. The van der Waals surface area contributed by atoms with E-state index < -0.39 is 0 Å². The van der Waals surface area contributed by atoms with Crippen molar-refractivity contribution in [1.29, 1.82) is 0 Å². The van der Waals surface area contributed by atoms with Gasteiger partial charge >= 0.3 is 0 Å². The van der Waals surface area contributed by atoms with Crippen LogP contribution >= 0.6 is 0 Å². The van der Waals surface area contributed by atoms with Crippen LogP contribution in [-0.4, -0.2) is 17.4 Å². The van der Waals surface area contributed by atoms with Crippen LogP contribution in [0.3, 0.4) is 0 Å². The monoisotopic (exact) mass is 149 g/mol. The van der Waals surface area contributed by atoms with Crippen LogP contribution in [0.1, 0.15) is 6.42 Å². The zero-order valence-electron chi connectivity index (χ0n) is 6.42. The summed E-state index contributed by atoms with van der Waals surface area (Å²) in [6.07, 6.45) is 5.76. The Labute approximate surface area is 66.5 Å². The van der Waals surface area contributed by atoms with Crippen LogP contribution < -0.4 is 0 Å². The number of allylic oxidation sites excluding steroid dienone is 3. The van der Waals surface area contributed by atoms with E-state index in [0.29, 0.717) is 6.42 Å². The molecule has 0 aromatic carbocycles. The number of amides is 1. The standard InChI is InChI=1S/C9H11NO/c1-3-5-8(4-2)10-7-6-9(10)11/h3-5H,1-2,6-7H2. The van der Waals surface area contributed by atoms with Gasteiger partial charge in [-0.05, 0) is 12.2 Å². The Morgan fingerprint density at radius 2 is 2.27 bits per heavy atom. The third-order valence-electron chi connectivity index (χ3n) is 1.66. The minimum Gasteiger partial charge on any atom is -0.312 e. The number of carbonyl (C=O) groups is 1. The maximum absolute atomic E-state index is 10.9. The highest BCUT2D eigenvalue weighted by molar-refractivity contribution is 5.84. The van der Waals surface area contributed by atoms with E-state index in [1.54, 1.807) is 23.1 Å². The molecule has 0 spiro atoms. The van der Waals surface area contributed by atoms with Gasteiger partial charge in [0.1, 0.15) is 0 Å². The van der Waals surface area contributed by atoms with Gasteiger partial charge in [-0.25, -0.2) is 0 Å². The highest BCUT2D eigenvalue weighted by atomic mass is 16.2. The molecule has 0 bridgehead atoms. The summed E-state index contributed by atoms with van der Waals surface area (Å²) in [6, 6.07) is 0. The third-order valence-corrected chi connectivity index (χ3v) is 1.66. The molecule has 0 N–H and O–H groups in total. The highest BCUT2D eigenvalue weighted by Crippen LogP contribution is 2.16. The van der Waals surface area contributed by atoms with E-state index in [1.165, 1.54) is 0 Å². The first kappa shape index (κ1) is 7.79. The third kappa shape index (κ3) is 1.40. The summed E-state index contributed by atoms with van der Waals surface area (Å²) in [4.78, 5) is 12.6. The van der Waals surface area contributed by atoms with Crippen LogP contribution in [0.5, 0.6) is 0 Å². The lowest BCUT2D eigenvalue weighted by atomic mass is 10.1. The fraction of sp³-hybridized carbons (Fsp3) is 0.222. The number of carbonyl (C=O) groups excluding carboxylic acids is 1. The first-order valence-electron chi connectivity index (χ1n) is 3.55. The van der Waals surface area contributed by atoms with Crippen molar-refractivity contribution in [2.75, 3.05) is 6.54 Å². The van der Waals surface area contributed by atoms with Gasteiger partial charge < -0.3 is 4.90 Å². The van der Waals surface area contributed by atoms with E-state index in [0.717, 1.165) is 12.2 Å². The van der Waals surface area contributed by atoms with E-state index in [1.807, 2.05) is 0 Å². The van der Waals surface area contributed by atoms with Crippen molar-refractivity contribution in [1.82, 2.24) is 4.90 Å². The molecule has 0 aromatic rings. The summed E-state index contributed by atoms with van der Waals surface area (Å²) in [5.74, 6) is 0.165. The van der Waals surface area contributed by atoms with Crippen molar-refractivity contribution in [3.63, 3.8) is 0 Å². The summed E-state index contributed by atoms with van der Waals surface area (Å²) < 4.78 is 0. The average molecular weight is 149 g/mol. The van der Waals surface area contributed by atoms with Crippen LogP contribution in [0.2, 0.25) is 0 Å². The second kappa shape index (κ2) is 3.19. The Bertz CT molecular complexity index is 228. The lowest BCUT2D eigenvalue weighted by Gasteiger charge is -2.31. The molecule has 0 radical (unpaired) electrons. The summed E-state index contributed by atoms with van der Waals surface area (Å²) in [5.41, 5.74) is 0.844. The molecular weight excluding hydrogens is 138 g/mol. The first-order chi connectivity index (χ1) is 5.29. The molecule has 0 aromatic heterocycles. The van der Waals surface area contributed by atoms with Crippen molar-refractivity contribution in [3.8, 4) is 0 Å².